The summed E-state index contributed by atoms with van der Waals surface area (Å²) >= 11 is 5.71. The molecule has 0 N–H and O–H groups in total. The van der Waals surface area contributed by atoms with E-state index in [1.165, 1.54) is 0 Å². The third-order valence-electron chi connectivity index (χ3n) is 1.86. The average Bonchev–Trinajstić information content (AvgIpc) is 2.69. The van der Waals surface area contributed by atoms with E-state index in [-0.39, 0.29) is 0 Å². The first-order chi connectivity index (χ1) is 7.28. The first-order valence-electron chi connectivity index (χ1n) is 4.60. The highest BCUT2D eigenvalue weighted by Gasteiger charge is 2.01. The van der Waals surface area contributed by atoms with Gasteiger partial charge in [0.05, 0.1) is 17.4 Å². The van der Waals surface area contributed by atoms with Gasteiger partial charge in [-0.3, -0.25) is 4.68 Å². The number of nitrogens with zero attached hydrogens (tertiary/aromatic N) is 3. The van der Waals surface area contributed by atoms with Crippen LogP contribution < -0.4 is 4.74 Å². The molecule has 15 heavy (non-hydrogen) atoms. The fourth-order valence-corrected chi connectivity index (χ4v) is 1.23. The summed E-state index contributed by atoms with van der Waals surface area (Å²) < 4.78 is 7.25. The van der Waals surface area contributed by atoms with Crippen molar-refractivity contribution in [1.29, 1.82) is 0 Å². The molecule has 0 atom stereocenters. The van der Waals surface area contributed by atoms with Crippen LogP contribution in [-0.4, -0.2) is 14.8 Å². The van der Waals surface area contributed by atoms with E-state index in [0.717, 1.165) is 6.54 Å². The van der Waals surface area contributed by atoms with Gasteiger partial charge >= 0.3 is 0 Å². The lowest BCUT2D eigenvalue weighted by Gasteiger charge is -2.00. The monoisotopic (exact) mass is 223 g/mol. The highest BCUT2D eigenvalue weighted by molar-refractivity contribution is 6.30. The van der Waals surface area contributed by atoms with E-state index in [1.54, 1.807) is 29.2 Å². The van der Waals surface area contributed by atoms with Gasteiger partial charge in [0.1, 0.15) is 0 Å². The lowest BCUT2D eigenvalue weighted by Crippen LogP contribution is -1.92. The number of pyridine rings is 1. The Labute approximate surface area is 92.5 Å². The smallest absolute Gasteiger partial charge is 0.219 e. The van der Waals surface area contributed by atoms with Crippen molar-refractivity contribution in [1.82, 2.24) is 14.8 Å². The molecule has 0 saturated carbocycles. The number of rotatable bonds is 3. The third kappa shape index (κ3) is 2.47. The summed E-state index contributed by atoms with van der Waals surface area (Å²) in [6.45, 7) is 2.83. The molecule has 0 spiro atoms. The average molecular weight is 224 g/mol. The first-order valence-corrected chi connectivity index (χ1v) is 4.97. The maximum Gasteiger partial charge on any atom is 0.219 e. The Morgan fingerprint density at radius 2 is 2.27 bits per heavy atom. The molecule has 0 fully saturated rings. The molecule has 0 aliphatic rings. The minimum absolute atomic E-state index is 0.509. The zero-order valence-electron chi connectivity index (χ0n) is 8.22. The molecule has 0 aliphatic heterocycles. The van der Waals surface area contributed by atoms with Crippen LogP contribution in [0.15, 0.2) is 30.7 Å². The molecular weight excluding hydrogens is 214 g/mol. The number of aromatic nitrogens is 3. The molecule has 2 aromatic rings. The van der Waals surface area contributed by atoms with Crippen LogP contribution in [0.25, 0.3) is 0 Å². The molecular formula is C10H10ClN3O. The fourth-order valence-electron chi connectivity index (χ4n) is 1.11. The molecule has 0 amide bonds. The zero-order valence-corrected chi connectivity index (χ0v) is 8.98. The van der Waals surface area contributed by atoms with Gasteiger partial charge in [-0.15, -0.1) is 0 Å². The Bertz CT molecular complexity index is 438. The summed E-state index contributed by atoms with van der Waals surface area (Å²) in [6, 6.07) is 3.44. The van der Waals surface area contributed by atoms with Crippen LogP contribution in [-0.2, 0) is 6.54 Å². The van der Waals surface area contributed by atoms with Crippen molar-refractivity contribution in [2.45, 2.75) is 13.5 Å². The van der Waals surface area contributed by atoms with Gasteiger partial charge < -0.3 is 4.74 Å². The summed E-state index contributed by atoms with van der Waals surface area (Å²) in [5.41, 5.74) is 0. The number of ether oxygens (including phenoxy) is 1. The van der Waals surface area contributed by atoms with E-state index in [9.17, 15) is 0 Å². The van der Waals surface area contributed by atoms with Crippen LogP contribution in [0.2, 0.25) is 5.02 Å². The predicted octanol–water partition coefficient (Wildman–Crippen LogP) is 2.74. The van der Waals surface area contributed by atoms with Gasteiger partial charge in [-0.25, -0.2) is 4.98 Å². The Morgan fingerprint density at radius 3 is 2.87 bits per heavy atom. The minimum Gasteiger partial charge on any atom is -0.436 e. The van der Waals surface area contributed by atoms with Gasteiger partial charge in [0.2, 0.25) is 5.88 Å². The lowest BCUT2D eigenvalue weighted by molar-refractivity contribution is 0.462. The second kappa shape index (κ2) is 4.31. The SMILES string of the molecule is CCn1cc(Oc2ccc(Cl)cn2)cn1. The van der Waals surface area contributed by atoms with Gasteiger partial charge in [-0.05, 0) is 13.0 Å². The van der Waals surface area contributed by atoms with Crippen LogP contribution >= 0.6 is 11.6 Å². The van der Waals surface area contributed by atoms with E-state index in [2.05, 4.69) is 10.1 Å². The van der Waals surface area contributed by atoms with Crippen LogP contribution in [0, 0.1) is 0 Å². The zero-order chi connectivity index (χ0) is 10.7. The van der Waals surface area contributed by atoms with E-state index in [0.29, 0.717) is 16.7 Å². The van der Waals surface area contributed by atoms with Crippen molar-refractivity contribution in [3.8, 4) is 11.6 Å². The fraction of sp³-hybridized carbons (Fsp3) is 0.200. The van der Waals surface area contributed by atoms with Crippen LogP contribution in [0.5, 0.6) is 11.6 Å². The molecule has 78 valence electrons. The van der Waals surface area contributed by atoms with Gasteiger partial charge in [-0.2, -0.15) is 5.10 Å². The summed E-state index contributed by atoms with van der Waals surface area (Å²) in [4.78, 5) is 4.02. The number of hydrogen-bond acceptors (Lipinski definition) is 3. The summed E-state index contributed by atoms with van der Waals surface area (Å²) in [7, 11) is 0. The number of aryl methyl sites for hydroxylation is 1. The maximum absolute atomic E-state index is 5.71. The van der Waals surface area contributed by atoms with E-state index >= 15 is 0 Å². The number of halogens is 1. The van der Waals surface area contributed by atoms with Gasteiger partial charge in [-0.1, -0.05) is 11.6 Å². The standard InChI is InChI=1S/C10H10ClN3O/c1-2-14-7-9(6-13-14)15-10-4-3-8(11)5-12-10/h3-7H,2H2,1H3. The lowest BCUT2D eigenvalue weighted by atomic mass is 10.5. The largest absolute Gasteiger partial charge is 0.436 e. The topological polar surface area (TPSA) is 39.9 Å². The second-order valence-corrected chi connectivity index (χ2v) is 3.38. The highest BCUT2D eigenvalue weighted by atomic mass is 35.5. The Hall–Kier alpha value is -1.55. The molecule has 2 rings (SSSR count). The maximum atomic E-state index is 5.71. The molecule has 0 aliphatic carbocycles. The number of hydrogen-bond donors (Lipinski definition) is 0. The van der Waals surface area contributed by atoms with Crippen molar-refractivity contribution in [2.75, 3.05) is 0 Å². The Kier molecular flexibility index (Phi) is 2.87. The quantitative estimate of drug-likeness (QED) is 0.803. The van der Waals surface area contributed by atoms with Crippen LogP contribution in [0.1, 0.15) is 6.92 Å². The molecule has 2 heterocycles. The summed E-state index contributed by atoms with van der Waals surface area (Å²) in [5.74, 6) is 1.18. The molecule has 4 nitrogen and oxygen atoms in total. The summed E-state index contributed by atoms with van der Waals surface area (Å²) in [6.07, 6.45) is 5.01. The molecule has 2 aromatic heterocycles. The molecule has 5 heteroatoms. The van der Waals surface area contributed by atoms with Crippen molar-refractivity contribution in [3.63, 3.8) is 0 Å². The molecule has 0 bridgehead atoms. The van der Waals surface area contributed by atoms with Gasteiger partial charge in [0.25, 0.3) is 0 Å². The Balaban J connectivity index is 2.11. The van der Waals surface area contributed by atoms with Gasteiger partial charge in [0, 0.05) is 18.8 Å². The van der Waals surface area contributed by atoms with Crippen molar-refractivity contribution in [3.05, 3.63) is 35.7 Å². The van der Waals surface area contributed by atoms with Crippen molar-refractivity contribution < 1.29 is 4.74 Å². The van der Waals surface area contributed by atoms with Gasteiger partial charge in [0.15, 0.2) is 5.75 Å². The Morgan fingerprint density at radius 1 is 1.40 bits per heavy atom. The van der Waals surface area contributed by atoms with Crippen molar-refractivity contribution >= 4 is 11.6 Å². The van der Waals surface area contributed by atoms with E-state index in [1.807, 2.05) is 13.1 Å². The molecule has 0 radical (unpaired) electrons. The van der Waals surface area contributed by atoms with Crippen molar-refractivity contribution in [2.24, 2.45) is 0 Å². The highest BCUT2D eigenvalue weighted by Crippen LogP contribution is 2.19. The van der Waals surface area contributed by atoms with Crippen LogP contribution in [0.3, 0.4) is 0 Å². The normalized spacial score (nSPS) is 10.3. The minimum atomic E-state index is 0.509. The predicted molar refractivity (Wildman–Crippen MR) is 57.2 cm³/mol. The molecule has 0 aromatic carbocycles. The first kappa shape index (κ1) is 9.98. The molecule has 0 saturated heterocycles. The molecule has 0 unspecified atom stereocenters. The second-order valence-electron chi connectivity index (χ2n) is 2.95. The summed E-state index contributed by atoms with van der Waals surface area (Å²) in [5, 5.41) is 4.68. The van der Waals surface area contributed by atoms with Crippen LogP contribution in [0.4, 0.5) is 0 Å². The van der Waals surface area contributed by atoms with E-state index in [4.69, 9.17) is 16.3 Å². The third-order valence-corrected chi connectivity index (χ3v) is 2.08. The van der Waals surface area contributed by atoms with E-state index < -0.39 is 0 Å².